The van der Waals surface area contributed by atoms with Crippen molar-refractivity contribution in [2.45, 2.75) is 31.9 Å². The van der Waals surface area contributed by atoms with Gasteiger partial charge in [-0.3, -0.25) is 9.69 Å². The molecule has 1 amide bonds. The van der Waals surface area contributed by atoms with Gasteiger partial charge in [-0.2, -0.15) is 0 Å². The molecule has 1 aliphatic heterocycles. The molecular formula is C28H33FN2O4S. The van der Waals surface area contributed by atoms with Crippen LogP contribution in [0.15, 0.2) is 66.0 Å². The predicted octanol–water partition coefficient (Wildman–Crippen LogP) is 4.54. The van der Waals surface area contributed by atoms with Crippen molar-refractivity contribution in [2.24, 2.45) is 0 Å². The number of halogens is 1. The van der Waals surface area contributed by atoms with Gasteiger partial charge in [0.1, 0.15) is 36.6 Å². The molecule has 0 saturated carbocycles. The second-order valence-electron chi connectivity index (χ2n) is 8.93. The van der Waals surface area contributed by atoms with Crippen LogP contribution in [0.3, 0.4) is 0 Å². The zero-order chi connectivity index (χ0) is 25.3. The minimum Gasteiger partial charge on any atom is -0.491 e. The summed E-state index contributed by atoms with van der Waals surface area (Å²) in [5.74, 6) is 0.965. The lowest BCUT2D eigenvalue weighted by Crippen LogP contribution is -2.48. The van der Waals surface area contributed by atoms with E-state index in [-0.39, 0.29) is 30.9 Å². The quantitative estimate of drug-likeness (QED) is 0.386. The van der Waals surface area contributed by atoms with Crippen molar-refractivity contribution in [3.05, 3.63) is 82.3 Å². The van der Waals surface area contributed by atoms with Crippen molar-refractivity contribution in [3.8, 4) is 11.5 Å². The van der Waals surface area contributed by atoms with Crippen LogP contribution in [-0.4, -0.2) is 66.3 Å². The van der Waals surface area contributed by atoms with Gasteiger partial charge in [0, 0.05) is 18.0 Å². The third kappa shape index (κ3) is 7.06. The maximum Gasteiger partial charge on any atom is 0.237 e. The van der Waals surface area contributed by atoms with Crippen LogP contribution in [-0.2, 0) is 11.2 Å². The van der Waals surface area contributed by atoms with E-state index < -0.39 is 6.10 Å². The Morgan fingerprint density at radius 3 is 2.64 bits per heavy atom. The van der Waals surface area contributed by atoms with Crippen molar-refractivity contribution in [1.29, 1.82) is 0 Å². The van der Waals surface area contributed by atoms with E-state index >= 15 is 0 Å². The van der Waals surface area contributed by atoms with Crippen molar-refractivity contribution in [2.75, 3.05) is 39.4 Å². The standard InChI is InChI=1S/C28H33FN2O4S/c1-2-14-30(17-22(32)19-34-23-6-4-3-5-7-23)18-28(33)31-15-12-27-25(13-16-36-27)26(31)20-35-24-10-8-21(29)9-11-24/h3-11,13,16,22,26,32H,2,12,14-15,17-20H2,1H3/t22-,26+/m1/s1. The Balaban J connectivity index is 1.38. The van der Waals surface area contributed by atoms with Gasteiger partial charge in [-0.25, -0.2) is 4.39 Å². The molecule has 1 aliphatic rings. The van der Waals surface area contributed by atoms with Crippen molar-refractivity contribution < 1.29 is 23.8 Å². The van der Waals surface area contributed by atoms with Gasteiger partial charge in [-0.15, -0.1) is 11.3 Å². The molecule has 0 saturated heterocycles. The molecule has 0 aliphatic carbocycles. The fraction of sp³-hybridized carbons (Fsp3) is 0.393. The third-order valence-corrected chi connectivity index (χ3v) is 7.19. The molecule has 4 rings (SSSR count). The number of nitrogens with zero attached hydrogens (tertiary/aromatic N) is 2. The molecule has 0 unspecified atom stereocenters. The summed E-state index contributed by atoms with van der Waals surface area (Å²) >= 11 is 1.70. The highest BCUT2D eigenvalue weighted by Crippen LogP contribution is 2.34. The number of ether oxygens (including phenoxy) is 2. The summed E-state index contributed by atoms with van der Waals surface area (Å²) in [6.07, 6.45) is 0.963. The number of amides is 1. The van der Waals surface area contributed by atoms with Crippen LogP contribution in [0.25, 0.3) is 0 Å². The number of thiophene rings is 1. The summed E-state index contributed by atoms with van der Waals surface area (Å²) in [5.41, 5.74) is 1.11. The van der Waals surface area contributed by atoms with Gasteiger partial charge in [0.15, 0.2) is 0 Å². The Hall–Kier alpha value is -2.94. The van der Waals surface area contributed by atoms with E-state index in [1.807, 2.05) is 40.1 Å². The highest BCUT2D eigenvalue weighted by molar-refractivity contribution is 7.10. The Morgan fingerprint density at radius 2 is 1.89 bits per heavy atom. The first kappa shape index (κ1) is 26.1. The van der Waals surface area contributed by atoms with Crippen LogP contribution in [0, 0.1) is 5.82 Å². The summed E-state index contributed by atoms with van der Waals surface area (Å²) in [5, 5.41) is 12.6. The molecular weight excluding hydrogens is 479 g/mol. The van der Waals surface area contributed by atoms with Crippen LogP contribution in [0.5, 0.6) is 11.5 Å². The number of benzene rings is 2. The average Bonchev–Trinajstić information content (AvgIpc) is 3.37. The zero-order valence-electron chi connectivity index (χ0n) is 20.5. The molecule has 0 bridgehead atoms. The molecule has 192 valence electrons. The van der Waals surface area contributed by atoms with Crippen molar-refractivity contribution in [1.82, 2.24) is 9.80 Å². The van der Waals surface area contributed by atoms with Gasteiger partial charge in [-0.1, -0.05) is 25.1 Å². The Labute approximate surface area is 215 Å². The van der Waals surface area contributed by atoms with E-state index in [0.29, 0.717) is 37.7 Å². The highest BCUT2D eigenvalue weighted by Gasteiger charge is 2.33. The molecule has 3 aromatic rings. The smallest absolute Gasteiger partial charge is 0.237 e. The number of hydrogen-bond acceptors (Lipinski definition) is 6. The van der Waals surface area contributed by atoms with Gasteiger partial charge >= 0.3 is 0 Å². The second kappa shape index (κ2) is 12.9. The monoisotopic (exact) mass is 512 g/mol. The van der Waals surface area contributed by atoms with Crippen LogP contribution in [0.1, 0.15) is 29.8 Å². The second-order valence-corrected chi connectivity index (χ2v) is 9.93. The van der Waals surface area contributed by atoms with Crippen LogP contribution in [0.4, 0.5) is 4.39 Å². The minimum atomic E-state index is -0.716. The SMILES string of the molecule is CCCN(CC(=O)N1CCc2sccc2[C@@H]1COc1ccc(F)cc1)C[C@@H](O)COc1ccccc1. The third-order valence-electron chi connectivity index (χ3n) is 6.19. The number of para-hydroxylation sites is 1. The zero-order valence-corrected chi connectivity index (χ0v) is 21.3. The molecule has 0 spiro atoms. The van der Waals surface area contributed by atoms with Crippen LogP contribution < -0.4 is 9.47 Å². The molecule has 2 atom stereocenters. The maximum atomic E-state index is 13.5. The molecule has 6 nitrogen and oxygen atoms in total. The van der Waals surface area contributed by atoms with Crippen LogP contribution in [0.2, 0.25) is 0 Å². The fourth-order valence-electron chi connectivity index (χ4n) is 4.47. The number of aliphatic hydroxyl groups is 1. The molecule has 0 fully saturated rings. The van der Waals surface area contributed by atoms with Gasteiger partial charge < -0.3 is 19.5 Å². The minimum absolute atomic E-state index is 0.00387. The number of carbonyl (C=O) groups excluding carboxylic acids is 1. The van der Waals surface area contributed by atoms with E-state index in [0.717, 1.165) is 18.4 Å². The van der Waals surface area contributed by atoms with Gasteiger partial charge in [0.05, 0.1) is 12.6 Å². The number of aliphatic hydroxyl groups excluding tert-OH is 1. The Kier molecular flexibility index (Phi) is 9.33. The number of hydrogen-bond donors (Lipinski definition) is 1. The maximum absolute atomic E-state index is 13.5. The van der Waals surface area contributed by atoms with Gasteiger partial charge in [-0.05, 0) is 72.8 Å². The predicted molar refractivity (Wildman–Crippen MR) is 139 cm³/mol. The van der Waals surface area contributed by atoms with E-state index in [2.05, 4.69) is 18.4 Å². The Bertz CT molecular complexity index is 1090. The summed E-state index contributed by atoms with van der Waals surface area (Å²) in [7, 11) is 0. The summed E-state index contributed by atoms with van der Waals surface area (Å²) in [6, 6.07) is 17.2. The van der Waals surface area contributed by atoms with Crippen molar-refractivity contribution in [3.63, 3.8) is 0 Å². The molecule has 2 heterocycles. The van der Waals surface area contributed by atoms with Gasteiger partial charge in [0.2, 0.25) is 5.91 Å². The first-order chi connectivity index (χ1) is 17.5. The topological polar surface area (TPSA) is 62.2 Å². The fourth-order valence-corrected chi connectivity index (χ4v) is 5.40. The Morgan fingerprint density at radius 1 is 1.14 bits per heavy atom. The lowest BCUT2D eigenvalue weighted by Gasteiger charge is -2.37. The lowest BCUT2D eigenvalue weighted by molar-refractivity contribution is -0.136. The largest absolute Gasteiger partial charge is 0.491 e. The molecule has 1 N–H and O–H groups in total. The van der Waals surface area contributed by atoms with Gasteiger partial charge in [0.25, 0.3) is 0 Å². The normalized spacial score (nSPS) is 16.0. The average molecular weight is 513 g/mol. The van der Waals surface area contributed by atoms with E-state index in [1.165, 1.54) is 17.0 Å². The molecule has 8 heteroatoms. The summed E-state index contributed by atoms with van der Waals surface area (Å²) < 4.78 is 24.9. The number of rotatable bonds is 12. The lowest BCUT2D eigenvalue weighted by atomic mass is 10.0. The van der Waals surface area contributed by atoms with Crippen molar-refractivity contribution >= 4 is 17.2 Å². The van der Waals surface area contributed by atoms with E-state index in [9.17, 15) is 14.3 Å². The van der Waals surface area contributed by atoms with E-state index in [4.69, 9.17) is 9.47 Å². The number of carbonyl (C=O) groups is 1. The molecule has 1 aromatic heterocycles. The number of fused-ring (bicyclic) bond motifs is 1. The molecule has 2 aromatic carbocycles. The van der Waals surface area contributed by atoms with E-state index in [1.54, 1.807) is 23.5 Å². The molecule has 36 heavy (non-hydrogen) atoms. The van der Waals surface area contributed by atoms with Crippen LogP contribution >= 0.6 is 11.3 Å². The summed E-state index contributed by atoms with van der Waals surface area (Å²) in [6.45, 7) is 4.38. The summed E-state index contributed by atoms with van der Waals surface area (Å²) in [4.78, 5) is 18.7. The first-order valence-corrected chi connectivity index (χ1v) is 13.2. The first-order valence-electron chi connectivity index (χ1n) is 12.4. The molecule has 0 radical (unpaired) electrons. The highest BCUT2D eigenvalue weighted by atomic mass is 32.1.